The molecule has 2 rings (SSSR count). The third-order valence-corrected chi connectivity index (χ3v) is 4.80. The number of aryl methyl sites for hydroxylation is 1. The van der Waals surface area contributed by atoms with Gasteiger partial charge in [0.25, 0.3) is 0 Å². The maximum atomic E-state index is 3.58. The van der Waals surface area contributed by atoms with E-state index in [-0.39, 0.29) is 0 Å². The molecule has 0 amide bonds. The Kier molecular flexibility index (Phi) is 2.67. The summed E-state index contributed by atoms with van der Waals surface area (Å²) in [5.41, 5.74) is 1.37. The lowest BCUT2D eigenvalue weighted by Gasteiger charge is -2.00. The van der Waals surface area contributed by atoms with E-state index in [2.05, 4.69) is 46.6 Å². The van der Waals surface area contributed by atoms with Crippen molar-refractivity contribution in [1.82, 2.24) is 0 Å². The topological polar surface area (TPSA) is 0 Å². The molecular weight excluding hydrogens is 264 g/mol. The van der Waals surface area contributed by atoms with Gasteiger partial charge < -0.3 is 0 Å². The summed E-state index contributed by atoms with van der Waals surface area (Å²) >= 11 is 7.18. The molecule has 13 heavy (non-hydrogen) atoms. The van der Waals surface area contributed by atoms with Gasteiger partial charge in [0, 0.05) is 14.1 Å². The second-order valence-corrected chi connectivity index (χ2v) is 5.52. The Labute approximate surface area is 94.5 Å². The molecule has 0 aliphatic heterocycles. The number of hydrogen-bond donors (Lipinski definition) is 0. The van der Waals surface area contributed by atoms with E-state index >= 15 is 0 Å². The predicted octanol–water partition coefficient (Wildman–Crippen LogP) is 4.69. The minimum absolute atomic E-state index is 1.20. The standard InChI is InChI=1S/C10H9BrS2/c1-6-5-13-9-4-10(12-2)8(11)3-7(6)9/h3-5H,1-2H3. The fraction of sp³-hybridized carbons (Fsp3) is 0.200. The fourth-order valence-corrected chi connectivity index (χ4v) is 3.67. The average Bonchev–Trinajstić information content (AvgIpc) is 2.47. The Hall–Kier alpha value is 0.01000. The first kappa shape index (κ1) is 9.56. The molecule has 0 aliphatic carbocycles. The summed E-state index contributed by atoms with van der Waals surface area (Å²) in [6.07, 6.45) is 2.10. The summed E-state index contributed by atoms with van der Waals surface area (Å²) in [4.78, 5) is 1.31. The Morgan fingerprint density at radius 3 is 2.85 bits per heavy atom. The van der Waals surface area contributed by atoms with Crippen molar-refractivity contribution < 1.29 is 0 Å². The molecule has 0 bridgehead atoms. The van der Waals surface area contributed by atoms with Gasteiger partial charge in [-0.1, -0.05) is 0 Å². The highest BCUT2D eigenvalue weighted by Crippen LogP contribution is 2.34. The molecule has 2 aromatic rings. The SMILES string of the molecule is CSc1cc2scc(C)c2cc1Br. The van der Waals surface area contributed by atoms with E-state index in [9.17, 15) is 0 Å². The van der Waals surface area contributed by atoms with Crippen LogP contribution < -0.4 is 0 Å². The van der Waals surface area contributed by atoms with Crippen molar-refractivity contribution in [1.29, 1.82) is 0 Å². The van der Waals surface area contributed by atoms with Gasteiger partial charge in [-0.15, -0.1) is 23.1 Å². The first-order valence-corrected chi connectivity index (χ1v) is 6.83. The summed E-state index contributed by atoms with van der Waals surface area (Å²) in [6, 6.07) is 4.47. The van der Waals surface area contributed by atoms with Crippen LogP contribution in [0.25, 0.3) is 10.1 Å². The van der Waals surface area contributed by atoms with E-state index in [1.165, 1.54) is 25.0 Å². The van der Waals surface area contributed by atoms with Crippen molar-refractivity contribution in [2.75, 3.05) is 6.26 Å². The number of benzene rings is 1. The predicted molar refractivity (Wildman–Crippen MR) is 66.0 cm³/mol. The van der Waals surface area contributed by atoms with Crippen LogP contribution in [0.1, 0.15) is 5.56 Å². The Bertz CT molecular complexity index is 445. The van der Waals surface area contributed by atoms with E-state index < -0.39 is 0 Å². The summed E-state index contributed by atoms with van der Waals surface area (Å²) in [7, 11) is 0. The molecule has 0 unspecified atom stereocenters. The minimum Gasteiger partial charge on any atom is -0.143 e. The molecule has 0 atom stereocenters. The lowest BCUT2D eigenvalue weighted by molar-refractivity contribution is 1.45. The molecule has 1 aromatic carbocycles. The van der Waals surface area contributed by atoms with Gasteiger partial charge in [-0.2, -0.15) is 0 Å². The van der Waals surface area contributed by atoms with E-state index in [0.29, 0.717) is 0 Å². The molecule has 0 aliphatic rings. The molecule has 0 nitrogen and oxygen atoms in total. The van der Waals surface area contributed by atoms with Crippen LogP contribution in [0.3, 0.4) is 0 Å². The maximum Gasteiger partial charge on any atom is 0.0357 e. The largest absolute Gasteiger partial charge is 0.143 e. The Morgan fingerprint density at radius 2 is 2.15 bits per heavy atom. The third-order valence-electron chi connectivity index (χ3n) is 2.04. The molecule has 3 heteroatoms. The Balaban J connectivity index is 2.76. The van der Waals surface area contributed by atoms with Crippen LogP contribution >= 0.6 is 39.0 Å². The quantitative estimate of drug-likeness (QED) is 0.679. The summed E-state index contributed by atoms with van der Waals surface area (Å²) in [6.45, 7) is 2.16. The van der Waals surface area contributed by atoms with Crippen molar-refractivity contribution in [3.63, 3.8) is 0 Å². The first-order chi connectivity index (χ1) is 6.22. The summed E-state index contributed by atoms with van der Waals surface area (Å²) in [5.74, 6) is 0. The van der Waals surface area contributed by atoms with Gasteiger partial charge >= 0.3 is 0 Å². The van der Waals surface area contributed by atoms with Crippen LogP contribution in [0.4, 0.5) is 0 Å². The van der Waals surface area contributed by atoms with Crippen LogP contribution in [0.5, 0.6) is 0 Å². The zero-order chi connectivity index (χ0) is 9.42. The lowest BCUT2D eigenvalue weighted by atomic mass is 10.2. The second-order valence-electron chi connectivity index (χ2n) is 2.90. The number of fused-ring (bicyclic) bond motifs is 1. The smallest absolute Gasteiger partial charge is 0.0357 e. The van der Waals surface area contributed by atoms with Crippen LogP contribution in [0, 0.1) is 6.92 Å². The highest BCUT2D eigenvalue weighted by atomic mass is 79.9. The zero-order valence-electron chi connectivity index (χ0n) is 7.43. The maximum absolute atomic E-state index is 3.58. The molecule has 1 aromatic heterocycles. The van der Waals surface area contributed by atoms with E-state index in [1.807, 2.05) is 11.3 Å². The van der Waals surface area contributed by atoms with E-state index in [0.717, 1.165) is 0 Å². The molecule has 0 fully saturated rings. The van der Waals surface area contributed by atoms with Crippen LogP contribution in [-0.2, 0) is 0 Å². The first-order valence-electron chi connectivity index (χ1n) is 3.93. The zero-order valence-corrected chi connectivity index (χ0v) is 10.6. The van der Waals surface area contributed by atoms with Crippen molar-refractivity contribution in [3.8, 4) is 0 Å². The third kappa shape index (κ3) is 1.65. The van der Waals surface area contributed by atoms with Gasteiger partial charge in [-0.3, -0.25) is 0 Å². The van der Waals surface area contributed by atoms with Crippen molar-refractivity contribution >= 4 is 49.1 Å². The van der Waals surface area contributed by atoms with E-state index in [4.69, 9.17) is 0 Å². The van der Waals surface area contributed by atoms with Crippen molar-refractivity contribution in [2.24, 2.45) is 0 Å². The number of thiophene rings is 1. The van der Waals surface area contributed by atoms with Gasteiger partial charge in [0.1, 0.15) is 0 Å². The number of thioether (sulfide) groups is 1. The molecule has 0 saturated heterocycles. The number of halogens is 1. The molecule has 68 valence electrons. The van der Waals surface area contributed by atoms with Gasteiger partial charge in [0.05, 0.1) is 0 Å². The molecule has 0 radical (unpaired) electrons. The van der Waals surface area contributed by atoms with E-state index in [1.54, 1.807) is 11.8 Å². The highest BCUT2D eigenvalue weighted by molar-refractivity contribution is 9.10. The van der Waals surface area contributed by atoms with Gasteiger partial charge in [-0.25, -0.2) is 0 Å². The molecule has 1 heterocycles. The van der Waals surface area contributed by atoms with Crippen molar-refractivity contribution in [2.45, 2.75) is 11.8 Å². The van der Waals surface area contributed by atoms with Crippen LogP contribution in [0.15, 0.2) is 26.9 Å². The normalized spacial score (nSPS) is 11.0. The number of hydrogen-bond acceptors (Lipinski definition) is 2. The average molecular weight is 273 g/mol. The summed E-state index contributed by atoms with van der Waals surface area (Å²) < 4.78 is 2.58. The molecule has 0 saturated carbocycles. The molecule has 0 N–H and O–H groups in total. The minimum atomic E-state index is 1.20. The van der Waals surface area contributed by atoms with Gasteiger partial charge in [0.15, 0.2) is 0 Å². The van der Waals surface area contributed by atoms with Gasteiger partial charge in [0.2, 0.25) is 0 Å². The van der Waals surface area contributed by atoms with Gasteiger partial charge in [-0.05, 0) is 57.6 Å². The van der Waals surface area contributed by atoms with Crippen molar-refractivity contribution in [3.05, 3.63) is 27.5 Å². The highest BCUT2D eigenvalue weighted by Gasteiger charge is 2.04. The monoisotopic (exact) mass is 272 g/mol. The molecule has 0 spiro atoms. The second kappa shape index (κ2) is 3.64. The van der Waals surface area contributed by atoms with Crippen LogP contribution in [-0.4, -0.2) is 6.26 Å². The summed E-state index contributed by atoms with van der Waals surface area (Å²) in [5, 5.41) is 3.58. The molecular formula is C10H9BrS2. The lowest BCUT2D eigenvalue weighted by Crippen LogP contribution is -1.74. The fourth-order valence-electron chi connectivity index (χ4n) is 1.31. The Morgan fingerprint density at radius 1 is 1.38 bits per heavy atom. The van der Waals surface area contributed by atoms with Crippen LogP contribution in [0.2, 0.25) is 0 Å². The number of rotatable bonds is 1.